The Morgan fingerprint density at radius 1 is 1.33 bits per heavy atom. The fourth-order valence-electron chi connectivity index (χ4n) is 2.82. The lowest BCUT2D eigenvalue weighted by Gasteiger charge is -2.34. The maximum absolute atomic E-state index is 12.5. The molecule has 0 fully saturated rings. The van der Waals surface area contributed by atoms with Crippen molar-refractivity contribution < 1.29 is 13.2 Å². The predicted molar refractivity (Wildman–Crippen MR) is 92.4 cm³/mol. The Bertz CT molecular complexity index is 841. The monoisotopic (exact) mass is 368 g/mol. The van der Waals surface area contributed by atoms with Gasteiger partial charge in [0.05, 0.1) is 12.6 Å². The van der Waals surface area contributed by atoms with Crippen LogP contribution < -0.4 is 10.0 Å². The first-order chi connectivity index (χ1) is 11.4. The lowest BCUT2D eigenvalue weighted by molar-refractivity contribution is 0.162. The van der Waals surface area contributed by atoms with Gasteiger partial charge >= 0.3 is 6.03 Å². The molecular weight excluding hydrogens is 348 g/mol. The molecule has 9 heteroatoms. The van der Waals surface area contributed by atoms with E-state index in [2.05, 4.69) is 14.6 Å². The summed E-state index contributed by atoms with van der Waals surface area (Å²) in [5.74, 6) is 0. The summed E-state index contributed by atoms with van der Waals surface area (Å²) < 4.78 is 28.2. The third-order valence-electron chi connectivity index (χ3n) is 4.19. The van der Waals surface area contributed by atoms with Crippen LogP contribution in [0.3, 0.4) is 0 Å². The number of carbonyl (C=O) groups is 1. The molecule has 1 atom stereocenters. The Morgan fingerprint density at radius 3 is 2.88 bits per heavy atom. The average Bonchev–Trinajstić information content (AvgIpc) is 3.22. The van der Waals surface area contributed by atoms with E-state index in [0.717, 1.165) is 28.5 Å². The molecule has 0 aliphatic carbocycles. The van der Waals surface area contributed by atoms with E-state index in [1.54, 1.807) is 17.0 Å². The van der Waals surface area contributed by atoms with Gasteiger partial charge in [-0.2, -0.15) is 0 Å². The van der Waals surface area contributed by atoms with Gasteiger partial charge in [-0.3, -0.25) is 0 Å². The number of amides is 2. The van der Waals surface area contributed by atoms with Crippen molar-refractivity contribution in [2.24, 2.45) is 0 Å². The summed E-state index contributed by atoms with van der Waals surface area (Å²) >= 11 is 1.16. The van der Waals surface area contributed by atoms with Crippen LogP contribution in [0.5, 0.6) is 0 Å². The van der Waals surface area contributed by atoms with Crippen LogP contribution in [0.2, 0.25) is 0 Å². The fourth-order valence-corrected chi connectivity index (χ4v) is 4.95. The van der Waals surface area contributed by atoms with Gasteiger partial charge in [0.2, 0.25) is 10.0 Å². The van der Waals surface area contributed by atoms with Crippen molar-refractivity contribution in [3.63, 3.8) is 0 Å². The van der Waals surface area contributed by atoms with E-state index in [0.29, 0.717) is 13.1 Å². The van der Waals surface area contributed by atoms with E-state index in [4.69, 9.17) is 0 Å². The SMILES string of the molecule is CNS(=O)(=O)c1ccc(CNC(=O)N2CCn3cccc3C2C)s1. The fraction of sp³-hybridized carbons (Fsp3) is 0.400. The first-order valence-electron chi connectivity index (χ1n) is 7.64. The molecule has 0 saturated heterocycles. The minimum atomic E-state index is -3.43. The van der Waals surface area contributed by atoms with Crippen LogP contribution in [-0.2, 0) is 23.1 Å². The topological polar surface area (TPSA) is 83.4 Å². The van der Waals surface area contributed by atoms with Crippen molar-refractivity contribution in [3.05, 3.63) is 41.0 Å². The Hall–Kier alpha value is -1.84. The number of fused-ring (bicyclic) bond motifs is 1. The molecule has 2 amide bonds. The molecule has 24 heavy (non-hydrogen) atoms. The van der Waals surface area contributed by atoms with Gasteiger partial charge in [0.1, 0.15) is 4.21 Å². The van der Waals surface area contributed by atoms with Gasteiger partial charge in [-0.15, -0.1) is 11.3 Å². The average molecular weight is 368 g/mol. The van der Waals surface area contributed by atoms with Gasteiger partial charge in [0.25, 0.3) is 0 Å². The highest BCUT2D eigenvalue weighted by Gasteiger charge is 2.27. The molecule has 0 saturated carbocycles. The smallest absolute Gasteiger partial charge is 0.318 e. The second-order valence-electron chi connectivity index (χ2n) is 5.58. The zero-order chi connectivity index (χ0) is 17.3. The van der Waals surface area contributed by atoms with Crippen molar-refractivity contribution in [2.45, 2.75) is 30.3 Å². The molecule has 0 aromatic carbocycles. The number of nitrogens with zero attached hydrogens (tertiary/aromatic N) is 2. The van der Waals surface area contributed by atoms with Gasteiger partial charge in [-0.1, -0.05) is 0 Å². The second-order valence-corrected chi connectivity index (χ2v) is 8.86. The zero-order valence-electron chi connectivity index (χ0n) is 13.5. The van der Waals surface area contributed by atoms with Gasteiger partial charge in [-0.05, 0) is 38.2 Å². The molecule has 2 aromatic rings. The van der Waals surface area contributed by atoms with E-state index in [-0.39, 0.29) is 16.3 Å². The lowest BCUT2D eigenvalue weighted by Crippen LogP contribution is -2.45. The first kappa shape index (κ1) is 17.0. The quantitative estimate of drug-likeness (QED) is 0.862. The molecule has 3 rings (SSSR count). The van der Waals surface area contributed by atoms with Crippen LogP contribution in [-0.4, -0.2) is 37.5 Å². The van der Waals surface area contributed by atoms with Gasteiger partial charge in [-0.25, -0.2) is 17.9 Å². The Labute approximate surface area is 145 Å². The normalized spacial score (nSPS) is 17.6. The van der Waals surface area contributed by atoms with Gasteiger partial charge in [0, 0.05) is 29.9 Å². The highest BCUT2D eigenvalue weighted by Crippen LogP contribution is 2.25. The van der Waals surface area contributed by atoms with Crippen LogP contribution in [0, 0.1) is 0 Å². The number of rotatable bonds is 4. The summed E-state index contributed by atoms with van der Waals surface area (Å²) in [7, 11) is -2.05. The van der Waals surface area contributed by atoms with E-state index in [1.807, 2.05) is 25.3 Å². The molecule has 2 N–H and O–H groups in total. The number of sulfonamides is 1. The number of aromatic nitrogens is 1. The zero-order valence-corrected chi connectivity index (χ0v) is 15.2. The molecule has 3 heterocycles. The van der Waals surface area contributed by atoms with Crippen LogP contribution in [0.1, 0.15) is 23.5 Å². The summed E-state index contributed by atoms with van der Waals surface area (Å²) in [4.78, 5) is 15.0. The predicted octanol–water partition coefficient (Wildman–Crippen LogP) is 1.74. The van der Waals surface area contributed by atoms with Crippen LogP contribution in [0.4, 0.5) is 4.79 Å². The number of hydrogen-bond acceptors (Lipinski definition) is 4. The van der Waals surface area contributed by atoms with Crippen molar-refractivity contribution >= 4 is 27.4 Å². The standard InChI is InChI=1S/C15H20N4O3S2/c1-11-13-4-3-7-18(13)8-9-19(11)15(20)17-10-12-5-6-14(23-12)24(21,22)16-2/h3-7,11,16H,8-10H2,1-2H3,(H,17,20). The van der Waals surface area contributed by atoms with Gasteiger partial charge < -0.3 is 14.8 Å². The van der Waals surface area contributed by atoms with Crippen LogP contribution in [0.15, 0.2) is 34.7 Å². The summed E-state index contributed by atoms with van der Waals surface area (Å²) in [6.07, 6.45) is 2.02. The first-order valence-corrected chi connectivity index (χ1v) is 9.94. The van der Waals surface area contributed by atoms with Crippen molar-refractivity contribution in [3.8, 4) is 0 Å². The van der Waals surface area contributed by atoms with Crippen LogP contribution in [0.25, 0.3) is 0 Å². The molecule has 1 unspecified atom stereocenters. The van der Waals surface area contributed by atoms with E-state index < -0.39 is 10.0 Å². The molecule has 1 aliphatic rings. The largest absolute Gasteiger partial charge is 0.348 e. The van der Waals surface area contributed by atoms with Crippen molar-refractivity contribution in [1.82, 2.24) is 19.5 Å². The third kappa shape index (κ3) is 3.19. The minimum Gasteiger partial charge on any atom is -0.348 e. The molecule has 130 valence electrons. The third-order valence-corrected chi connectivity index (χ3v) is 7.18. The number of carbonyl (C=O) groups excluding carboxylic acids is 1. The molecule has 0 radical (unpaired) electrons. The molecule has 1 aliphatic heterocycles. The van der Waals surface area contributed by atoms with E-state index >= 15 is 0 Å². The molecule has 7 nitrogen and oxygen atoms in total. The molecule has 0 bridgehead atoms. The van der Waals surface area contributed by atoms with Gasteiger partial charge in [0.15, 0.2) is 0 Å². The maximum Gasteiger partial charge on any atom is 0.318 e. The Morgan fingerprint density at radius 2 is 2.12 bits per heavy atom. The lowest BCUT2D eigenvalue weighted by atomic mass is 10.1. The Balaban J connectivity index is 1.62. The molecule has 0 spiro atoms. The van der Waals surface area contributed by atoms with Crippen molar-refractivity contribution in [1.29, 1.82) is 0 Å². The summed E-state index contributed by atoms with van der Waals surface area (Å²) in [5.41, 5.74) is 1.12. The highest BCUT2D eigenvalue weighted by molar-refractivity contribution is 7.91. The van der Waals surface area contributed by atoms with Crippen molar-refractivity contribution in [2.75, 3.05) is 13.6 Å². The summed E-state index contributed by atoms with van der Waals surface area (Å²) in [6.45, 7) is 3.75. The number of urea groups is 1. The van der Waals surface area contributed by atoms with E-state index in [9.17, 15) is 13.2 Å². The molecular formula is C15H20N4O3S2. The number of thiophene rings is 1. The van der Waals surface area contributed by atoms with E-state index in [1.165, 1.54) is 7.05 Å². The highest BCUT2D eigenvalue weighted by atomic mass is 32.2. The number of hydrogen-bond donors (Lipinski definition) is 2. The minimum absolute atomic E-state index is 0.0114. The van der Waals surface area contributed by atoms with Crippen LogP contribution >= 0.6 is 11.3 Å². The molecule has 2 aromatic heterocycles. The summed E-state index contributed by atoms with van der Waals surface area (Å²) in [5, 5.41) is 2.88. The second kappa shape index (κ2) is 6.58. The number of nitrogens with one attached hydrogen (secondary N) is 2. The Kier molecular flexibility index (Phi) is 4.66. The summed E-state index contributed by atoms with van der Waals surface area (Å²) in [6, 6.07) is 7.16. The maximum atomic E-state index is 12.5.